The predicted molar refractivity (Wildman–Crippen MR) is 56.7 cm³/mol. The van der Waals surface area contributed by atoms with E-state index in [1.54, 1.807) is 4.90 Å². The molecular weight excluding hydrogens is 176 g/mol. The van der Waals surface area contributed by atoms with Crippen LogP contribution in [0.5, 0.6) is 0 Å². The molecule has 1 heterocycles. The second-order valence-electron chi connectivity index (χ2n) is 3.60. The summed E-state index contributed by atoms with van der Waals surface area (Å²) in [6, 6.07) is 0. The molecule has 0 unspecified atom stereocenters. The second-order valence-corrected chi connectivity index (χ2v) is 3.60. The van der Waals surface area contributed by atoms with Crippen LogP contribution in [0.25, 0.3) is 0 Å². The van der Waals surface area contributed by atoms with Crippen molar-refractivity contribution in [3.63, 3.8) is 0 Å². The third kappa shape index (κ3) is 2.74. The van der Waals surface area contributed by atoms with Gasteiger partial charge in [-0.2, -0.15) is 0 Å². The van der Waals surface area contributed by atoms with E-state index in [1.807, 2.05) is 6.92 Å². The van der Waals surface area contributed by atoms with Gasteiger partial charge in [0.05, 0.1) is 12.5 Å². The first-order valence-corrected chi connectivity index (χ1v) is 5.22. The quantitative estimate of drug-likeness (QED) is 0.662. The van der Waals surface area contributed by atoms with E-state index in [-0.39, 0.29) is 11.8 Å². The average molecular weight is 194 g/mol. The Morgan fingerprint density at radius 3 is 3.00 bits per heavy atom. The van der Waals surface area contributed by atoms with Crippen LogP contribution in [0.15, 0.2) is 0 Å². The number of piperidine rings is 1. The van der Waals surface area contributed by atoms with Gasteiger partial charge in [0.25, 0.3) is 0 Å². The lowest BCUT2D eigenvalue weighted by molar-refractivity contribution is -0.135. The van der Waals surface area contributed by atoms with Crippen LogP contribution >= 0.6 is 0 Å². The molecule has 1 aliphatic rings. The Kier molecular flexibility index (Phi) is 4.48. The molecule has 0 spiro atoms. The summed E-state index contributed by atoms with van der Waals surface area (Å²) >= 11 is 0. The van der Waals surface area contributed by atoms with Crippen LogP contribution in [0.2, 0.25) is 0 Å². The summed E-state index contributed by atoms with van der Waals surface area (Å²) < 4.78 is 0. The van der Waals surface area contributed by atoms with E-state index < -0.39 is 0 Å². The Bertz CT molecular complexity index is 226. The van der Waals surface area contributed by atoms with Crippen LogP contribution in [0, 0.1) is 18.3 Å². The Balaban J connectivity index is 2.48. The summed E-state index contributed by atoms with van der Waals surface area (Å²) in [5, 5.41) is 3.24. The minimum absolute atomic E-state index is 0.136. The van der Waals surface area contributed by atoms with Crippen molar-refractivity contribution in [2.45, 2.75) is 19.8 Å². The molecule has 3 nitrogen and oxygen atoms in total. The predicted octanol–water partition coefficient (Wildman–Crippen LogP) is 0.468. The van der Waals surface area contributed by atoms with E-state index >= 15 is 0 Å². The van der Waals surface area contributed by atoms with Crippen molar-refractivity contribution in [1.82, 2.24) is 10.2 Å². The van der Waals surface area contributed by atoms with Crippen LogP contribution < -0.4 is 5.32 Å². The van der Waals surface area contributed by atoms with Crippen molar-refractivity contribution in [3.8, 4) is 12.3 Å². The van der Waals surface area contributed by atoms with Crippen molar-refractivity contribution in [1.29, 1.82) is 0 Å². The van der Waals surface area contributed by atoms with E-state index in [4.69, 9.17) is 6.42 Å². The molecule has 0 aromatic carbocycles. The zero-order valence-corrected chi connectivity index (χ0v) is 8.75. The molecule has 14 heavy (non-hydrogen) atoms. The lowest BCUT2D eigenvalue weighted by atomic mass is 9.98. The minimum atomic E-state index is 0.136. The van der Waals surface area contributed by atoms with Gasteiger partial charge in [-0.3, -0.25) is 4.79 Å². The summed E-state index contributed by atoms with van der Waals surface area (Å²) in [5.74, 6) is 2.87. The van der Waals surface area contributed by atoms with E-state index in [0.717, 1.165) is 25.9 Å². The van der Waals surface area contributed by atoms with E-state index in [2.05, 4.69) is 11.2 Å². The van der Waals surface area contributed by atoms with Crippen molar-refractivity contribution in [3.05, 3.63) is 0 Å². The highest BCUT2D eigenvalue weighted by molar-refractivity contribution is 5.79. The van der Waals surface area contributed by atoms with Gasteiger partial charge in [-0.05, 0) is 26.3 Å². The molecule has 0 bridgehead atoms. The second kappa shape index (κ2) is 5.66. The number of hydrogen-bond donors (Lipinski definition) is 1. The number of amides is 1. The van der Waals surface area contributed by atoms with Gasteiger partial charge in [-0.1, -0.05) is 5.92 Å². The van der Waals surface area contributed by atoms with Crippen LogP contribution in [0.4, 0.5) is 0 Å². The first kappa shape index (κ1) is 11.1. The van der Waals surface area contributed by atoms with E-state index in [9.17, 15) is 4.79 Å². The van der Waals surface area contributed by atoms with Crippen LogP contribution in [0.1, 0.15) is 19.8 Å². The molecule has 0 saturated carbocycles. The first-order chi connectivity index (χ1) is 6.79. The third-order valence-electron chi connectivity index (χ3n) is 2.62. The van der Waals surface area contributed by atoms with Gasteiger partial charge < -0.3 is 10.2 Å². The lowest BCUT2D eigenvalue weighted by Gasteiger charge is -2.27. The molecule has 0 radical (unpaired) electrons. The molecule has 0 aromatic rings. The fourth-order valence-electron chi connectivity index (χ4n) is 1.78. The molecule has 1 N–H and O–H groups in total. The molecule has 1 aliphatic heterocycles. The van der Waals surface area contributed by atoms with Crippen LogP contribution in [-0.4, -0.2) is 37.0 Å². The zero-order chi connectivity index (χ0) is 10.4. The van der Waals surface area contributed by atoms with Gasteiger partial charge in [-0.15, -0.1) is 6.42 Å². The van der Waals surface area contributed by atoms with E-state index in [0.29, 0.717) is 13.1 Å². The zero-order valence-electron chi connectivity index (χ0n) is 8.75. The third-order valence-corrected chi connectivity index (χ3v) is 2.62. The summed E-state index contributed by atoms with van der Waals surface area (Å²) in [6.45, 7) is 4.95. The number of hydrogen-bond acceptors (Lipinski definition) is 2. The van der Waals surface area contributed by atoms with Crippen molar-refractivity contribution < 1.29 is 4.79 Å². The van der Waals surface area contributed by atoms with Gasteiger partial charge in [0.1, 0.15) is 0 Å². The smallest absolute Gasteiger partial charge is 0.227 e. The maximum Gasteiger partial charge on any atom is 0.227 e. The fraction of sp³-hybridized carbons (Fsp3) is 0.727. The standard InChI is InChI=1S/C11H18N2O/c1-3-8-13(4-2)11(14)10-6-5-7-12-9-10/h1,10,12H,4-9H2,2H3/t10-/m1/s1. The molecule has 1 amide bonds. The largest absolute Gasteiger partial charge is 0.332 e. The summed E-state index contributed by atoms with van der Waals surface area (Å²) in [5.41, 5.74) is 0. The Morgan fingerprint density at radius 1 is 1.71 bits per heavy atom. The van der Waals surface area contributed by atoms with Gasteiger partial charge in [-0.25, -0.2) is 0 Å². The van der Waals surface area contributed by atoms with Crippen LogP contribution in [-0.2, 0) is 4.79 Å². The summed E-state index contributed by atoms with van der Waals surface area (Å²) in [7, 11) is 0. The number of terminal acetylenes is 1. The molecule has 1 saturated heterocycles. The highest BCUT2D eigenvalue weighted by Gasteiger charge is 2.24. The monoisotopic (exact) mass is 194 g/mol. The number of rotatable bonds is 3. The molecule has 1 rings (SSSR count). The molecule has 1 atom stereocenters. The molecule has 78 valence electrons. The number of carbonyl (C=O) groups is 1. The highest BCUT2D eigenvalue weighted by atomic mass is 16.2. The van der Waals surface area contributed by atoms with Gasteiger partial charge in [0.2, 0.25) is 5.91 Å². The Hall–Kier alpha value is -1.01. The van der Waals surface area contributed by atoms with Gasteiger partial charge >= 0.3 is 0 Å². The topological polar surface area (TPSA) is 32.3 Å². The van der Waals surface area contributed by atoms with Crippen molar-refractivity contribution in [2.75, 3.05) is 26.2 Å². The normalized spacial score (nSPS) is 21.3. The minimum Gasteiger partial charge on any atom is -0.332 e. The number of nitrogens with zero attached hydrogens (tertiary/aromatic N) is 1. The number of carbonyl (C=O) groups excluding carboxylic acids is 1. The maximum absolute atomic E-state index is 11.9. The highest BCUT2D eigenvalue weighted by Crippen LogP contribution is 2.12. The maximum atomic E-state index is 11.9. The Morgan fingerprint density at radius 2 is 2.50 bits per heavy atom. The van der Waals surface area contributed by atoms with E-state index in [1.165, 1.54) is 0 Å². The first-order valence-electron chi connectivity index (χ1n) is 5.22. The Labute approximate surface area is 85.9 Å². The molecule has 0 aliphatic carbocycles. The fourth-order valence-corrected chi connectivity index (χ4v) is 1.78. The summed E-state index contributed by atoms with van der Waals surface area (Å²) in [4.78, 5) is 13.7. The SMILES string of the molecule is C#CCN(CC)C(=O)[C@@H]1CCCNC1. The van der Waals surface area contributed by atoms with Gasteiger partial charge in [0, 0.05) is 13.1 Å². The van der Waals surface area contributed by atoms with Crippen molar-refractivity contribution >= 4 is 5.91 Å². The number of nitrogens with one attached hydrogen (secondary N) is 1. The molecular formula is C11H18N2O. The average Bonchev–Trinajstić information content (AvgIpc) is 2.26. The molecule has 0 aromatic heterocycles. The van der Waals surface area contributed by atoms with Crippen molar-refractivity contribution in [2.24, 2.45) is 5.92 Å². The summed E-state index contributed by atoms with van der Waals surface area (Å²) in [6.07, 6.45) is 7.29. The molecule has 1 fully saturated rings. The molecule has 3 heteroatoms. The lowest BCUT2D eigenvalue weighted by Crippen LogP contribution is -2.43. The van der Waals surface area contributed by atoms with Crippen LogP contribution in [0.3, 0.4) is 0 Å². The van der Waals surface area contributed by atoms with Gasteiger partial charge in [0.15, 0.2) is 0 Å².